The summed E-state index contributed by atoms with van der Waals surface area (Å²) in [5.74, 6) is 1.92. The summed E-state index contributed by atoms with van der Waals surface area (Å²) in [6.07, 6.45) is 0. The number of carbonyl (C=O) groups is 1. The summed E-state index contributed by atoms with van der Waals surface area (Å²) in [6, 6.07) is 8.57. The molecule has 1 amide bonds. The molecule has 2 aromatic rings. The SMILES string of the molecule is Cc1ccc(C2CSCCN2C(=O)c2csc(CN)n2)cc1.Cl. The topological polar surface area (TPSA) is 59.2 Å². The molecule has 1 fully saturated rings. The van der Waals surface area contributed by atoms with Crippen LogP contribution in [0.4, 0.5) is 0 Å². The molecule has 124 valence electrons. The van der Waals surface area contributed by atoms with Crippen LogP contribution in [0.2, 0.25) is 0 Å². The number of aromatic nitrogens is 1. The standard InChI is InChI=1S/C16H19N3OS2.ClH/c1-11-2-4-12(5-3-11)14-10-21-7-6-19(14)16(20)13-9-22-15(8-17)18-13;/h2-5,9,14H,6-8,10,17H2,1H3;1H. The number of benzene rings is 1. The maximum Gasteiger partial charge on any atom is 0.273 e. The number of aryl methyl sites for hydroxylation is 1. The van der Waals surface area contributed by atoms with Gasteiger partial charge in [0.2, 0.25) is 0 Å². The summed E-state index contributed by atoms with van der Waals surface area (Å²) in [6.45, 7) is 3.22. The van der Waals surface area contributed by atoms with E-state index in [9.17, 15) is 4.79 Å². The molecular formula is C16H20ClN3OS2. The Balaban J connectivity index is 0.00000192. The molecule has 23 heavy (non-hydrogen) atoms. The highest BCUT2D eigenvalue weighted by Crippen LogP contribution is 2.31. The van der Waals surface area contributed by atoms with Gasteiger partial charge in [-0.05, 0) is 12.5 Å². The molecule has 4 nitrogen and oxygen atoms in total. The molecule has 2 heterocycles. The van der Waals surface area contributed by atoms with E-state index in [0.717, 1.165) is 23.1 Å². The minimum absolute atomic E-state index is 0. The Hall–Kier alpha value is -1.08. The van der Waals surface area contributed by atoms with Gasteiger partial charge in [0, 0.05) is 30.0 Å². The van der Waals surface area contributed by atoms with Crippen LogP contribution >= 0.6 is 35.5 Å². The van der Waals surface area contributed by atoms with Gasteiger partial charge in [-0.2, -0.15) is 11.8 Å². The maximum absolute atomic E-state index is 12.8. The Morgan fingerprint density at radius 2 is 2.13 bits per heavy atom. The minimum atomic E-state index is 0. The summed E-state index contributed by atoms with van der Waals surface area (Å²) in [7, 11) is 0. The van der Waals surface area contributed by atoms with Crippen molar-refractivity contribution in [1.29, 1.82) is 0 Å². The molecule has 1 saturated heterocycles. The first-order chi connectivity index (χ1) is 10.7. The lowest BCUT2D eigenvalue weighted by molar-refractivity contribution is 0.0696. The molecule has 0 saturated carbocycles. The number of nitrogens with zero attached hydrogens (tertiary/aromatic N) is 2. The van der Waals surface area contributed by atoms with E-state index in [1.54, 1.807) is 0 Å². The fraction of sp³-hybridized carbons (Fsp3) is 0.375. The van der Waals surface area contributed by atoms with Crippen LogP contribution in [0.25, 0.3) is 0 Å². The molecule has 1 aliphatic heterocycles. The lowest BCUT2D eigenvalue weighted by Crippen LogP contribution is -2.41. The Morgan fingerprint density at radius 1 is 1.39 bits per heavy atom. The van der Waals surface area contributed by atoms with E-state index in [1.165, 1.54) is 22.5 Å². The zero-order valence-electron chi connectivity index (χ0n) is 12.9. The molecule has 2 N–H and O–H groups in total. The van der Waals surface area contributed by atoms with E-state index >= 15 is 0 Å². The van der Waals surface area contributed by atoms with Crippen LogP contribution in [0.1, 0.15) is 32.7 Å². The summed E-state index contributed by atoms with van der Waals surface area (Å²) in [5.41, 5.74) is 8.54. The van der Waals surface area contributed by atoms with Gasteiger partial charge in [-0.25, -0.2) is 4.98 Å². The normalized spacial score (nSPS) is 17.7. The van der Waals surface area contributed by atoms with E-state index in [1.807, 2.05) is 22.0 Å². The number of thioether (sulfide) groups is 1. The van der Waals surface area contributed by atoms with Crippen LogP contribution in [0.3, 0.4) is 0 Å². The molecule has 0 aliphatic carbocycles. The number of carbonyl (C=O) groups excluding carboxylic acids is 1. The molecule has 7 heteroatoms. The average molecular weight is 370 g/mol. The van der Waals surface area contributed by atoms with Crippen molar-refractivity contribution in [2.75, 3.05) is 18.1 Å². The third kappa shape index (κ3) is 4.07. The smallest absolute Gasteiger partial charge is 0.273 e. The van der Waals surface area contributed by atoms with Gasteiger partial charge in [0.05, 0.1) is 6.04 Å². The highest BCUT2D eigenvalue weighted by molar-refractivity contribution is 7.99. The molecular weight excluding hydrogens is 350 g/mol. The highest BCUT2D eigenvalue weighted by atomic mass is 35.5. The summed E-state index contributed by atoms with van der Waals surface area (Å²) in [4.78, 5) is 19.1. The monoisotopic (exact) mass is 369 g/mol. The minimum Gasteiger partial charge on any atom is -0.329 e. The molecule has 1 unspecified atom stereocenters. The van der Waals surface area contributed by atoms with Gasteiger partial charge in [-0.15, -0.1) is 23.7 Å². The summed E-state index contributed by atoms with van der Waals surface area (Å²) < 4.78 is 0. The van der Waals surface area contributed by atoms with Crippen LogP contribution in [0.15, 0.2) is 29.6 Å². The van der Waals surface area contributed by atoms with Gasteiger partial charge in [-0.1, -0.05) is 29.8 Å². The molecule has 1 aliphatic rings. The average Bonchev–Trinajstić information content (AvgIpc) is 3.04. The van der Waals surface area contributed by atoms with Gasteiger partial charge in [0.1, 0.15) is 10.7 Å². The number of hydrogen-bond donors (Lipinski definition) is 1. The van der Waals surface area contributed by atoms with Crippen molar-refractivity contribution < 1.29 is 4.79 Å². The number of thiazole rings is 1. The third-order valence-corrected chi connectivity index (χ3v) is 5.69. The number of rotatable bonds is 3. The number of halogens is 1. The van der Waals surface area contributed by atoms with E-state index in [4.69, 9.17) is 5.73 Å². The van der Waals surface area contributed by atoms with Gasteiger partial charge in [-0.3, -0.25) is 4.79 Å². The second kappa shape index (κ2) is 8.15. The predicted molar refractivity (Wildman–Crippen MR) is 99.5 cm³/mol. The van der Waals surface area contributed by atoms with Crippen molar-refractivity contribution in [3.05, 3.63) is 51.5 Å². The van der Waals surface area contributed by atoms with E-state index in [2.05, 4.69) is 36.2 Å². The van der Waals surface area contributed by atoms with Gasteiger partial charge >= 0.3 is 0 Å². The Bertz CT molecular complexity index is 660. The van der Waals surface area contributed by atoms with Crippen LogP contribution in [0.5, 0.6) is 0 Å². The zero-order chi connectivity index (χ0) is 15.5. The van der Waals surface area contributed by atoms with Crippen LogP contribution in [0, 0.1) is 6.92 Å². The fourth-order valence-electron chi connectivity index (χ4n) is 2.56. The highest BCUT2D eigenvalue weighted by Gasteiger charge is 2.30. The third-order valence-electron chi connectivity index (χ3n) is 3.80. The first-order valence-corrected chi connectivity index (χ1v) is 9.32. The quantitative estimate of drug-likeness (QED) is 0.902. The van der Waals surface area contributed by atoms with Gasteiger partial charge < -0.3 is 10.6 Å². The van der Waals surface area contributed by atoms with Crippen molar-refractivity contribution in [2.24, 2.45) is 5.73 Å². The van der Waals surface area contributed by atoms with Crippen molar-refractivity contribution in [2.45, 2.75) is 19.5 Å². The number of hydrogen-bond acceptors (Lipinski definition) is 5. The van der Waals surface area contributed by atoms with Crippen molar-refractivity contribution in [1.82, 2.24) is 9.88 Å². The van der Waals surface area contributed by atoms with E-state index < -0.39 is 0 Å². The van der Waals surface area contributed by atoms with Crippen molar-refractivity contribution >= 4 is 41.4 Å². The second-order valence-electron chi connectivity index (χ2n) is 5.33. The van der Waals surface area contributed by atoms with Gasteiger partial charge in [0.25, 0.3) is 5.91 Å². The molecule has 1 atom stereocenters. The lowest BCUT2D eigenvalue weighted by atomic mass is 10.0. The first-order valence-electron chi connectivity index (χ1n) is 7.29. The van der Waals surface area contributed by atoms with E-state index in [0.29, 0.717) is 12.2 Å². The fourth-order valence-corrected chi connectivity index (χ4v) is 4.30. The van der Waals surface area contributed by atoms with Crippen molar-refractivity contribution in [3.63, 3.8) is 0 Å². The number of nitrogens with two attached hydrogens (primary N) is 1. The van der Waals surface area contributed by atoms with Crippen LogP contribution in [-0.2, 0) is 6.54 Å². The zero-order valence-corrected chi connectivity index (χ0v) is 15.3. The maximum atomic E-state index is 12.8. The molecule has 3 rings (SSSR count). The summed E-state index contributed by atoms with van der Waals surface area (Å²) in [5, 5.41) is 2.62. The molecule has 0 bridgehead atoms. The van der Waals surface area contributed by atoms with Crippen LogP contribution in [-0.4, -0.2) is 33.8 Å². The van der Waals surface area contributed by atoms with Crippen molar-refractivity contribution in [3.8, 4) is 0 Å². The summed E-state index contributed by atoms with van der Waals surface area (Å²) >= 11 is 3.35. The molecule has 0 radical (unpaired) electrons. The molecule has 0 spiro atoms. The largest absolute Gasteiger partial charge is 0.329 e. The Labute approximate surface area is 150 Å². The van der Waals surface area contributed by atoms with Gasteiger partial charge in [0.15, 0.2) is 0 Å². The Morgan fingerprint density at radius 3 is 2.78 bits per heavy atom. The Kier molecular flexibility index (Phi) is 6.47. The lowest BCUT2D eigenvalue weighted by Gasteiger charge is -2.35. The first kappa shape index (κ1) is 18.3. The predicted octanol–water partition coefficient (Wildman–Crippen LogP) is 3.26. The number of amides is 1. The molecule has 1 aromatic heterocycles. The molecule has 1 aromatic carbocycles. The van der Waals surface area contributed by atoms with E-state index in [-0.39, 0.29) is 24.4 Å². The van der Waals surface area contributed by atoms with Crippen LogP contribution < -0.4 is 5.73 Å². The second-order valence-corrected chi connectivity index (χ2v) is 7.42.